The molecule has 5 heteroatoms. The number of benzene rings is 1. The van der Waals surface area contributed by atoms with E-state index < -0.39 is 0 Å². The fourth-order valence-electron chi connectivity index (χ4n) is 1.81. The third-order valence-electron chi connectivity index (χ3n) is 2.77. The van der Waals surface area contributed by atoms with Crippen LogP contribution in [0.3, 0.4) is 0 Å². The number of ether oxygens (including phenoxy) is 1. The highest BCUT2D eigenvalue weighted by Gasteiger charge is 2.11. The molecule has 19 heavy (non-hydrogen) atoms. The summed E-state index contributed by atoms with van der Waals surface area (Å²) in [5.74, 6) is 0.959. The lowest BCUT2D eigenvalue weighted by Gasteiger charge is -2.07. The molecule has 0 radical (unpaired) electrons. The highest BCUT2D eigenvalue weighted by atomic mass is 16.5. The lowest BCUT2D eigenvalue weighted by molar-refractivity contribution is 0.0994. The van der Waals surface area contributed by atoms with Crippen molar-refractivity contribution < 1.29 is 9.53 Å². The number of nitrogens with zero attached hydrogens (tertiary/aromatic N) is 1. The number of aromatic nitrogens is 1. The van der Waals surface area contributed by atoms with Gasteiger partial charge in [-0.05, 0) is 29.8 Å². The number of hydrogen-bond donors (Lipinski definition) is 2. The molecular weight excluding hydrogens is 242 g/mol. The van der Waals surface area contributed by atoms with E-state index in [0.29, 0.717) is 22.8 Å². The molecule has 0 bridgehead atoms. The van der Waals surface area contributed by atoms with Gasteiger partial charge in [-0.1, -0.05) is 0 Å². The number of Topliss-reactive ketones (excluding diaryl/α,β-unsaturated/α-hetero) is 1. The van der Waals surface area contributed by atoms with E-state index in [0.717, 1.165) is 5.56 Å². The van der Waals surface area contributed by atoms with Crippen molar-refractivity contribution in [2.75, 3.05) is 18.6 Å². The summed E-state index contributed by atoms with van der Waals surface area (Å²) in [5, 5.41) is 0. The van der Waals surface area contributed by atoms with Crippen LogP contribution in [-0.4, -0.2) is 17.9 Å². The molecule has 0 fully saturated rings. The minimum atomic E-state index is -0.0641. The maximum Gasteiger partial charge on any atom is 0.169 e. The van der Waals surface area contributed by atoms with Gasteiger partial charge in [0, 0.05) is 29.9 Å². The third-order valence-corrected chi connectivity index (χ3v) is 2.77. The average molecular weight is 257 g/mol. The predicted octanol–water partition coefficient (Wildman–Crippen LogP) is 1.68. The molecule has 0 unspecified atom stereocenters. The molecule has 4 N–H and O–H groups in total. The lowest BCUT2D eigenvalue weighted by atomic mass is 10.0. The van der Waals surface area contributed by atoms with Crippen molar-refractivity contribution in [1.82, 2.24) is 4.98 Å². The Morgan fingerprint density at radius 3 is 2.68 bits per heavy atom. The molecule has 0 amide bonds. The van der Waals surface area contributed by atoms with Gasteiger partial charge in [0.05, 0.1) is 7.11 Å². The molecule has 0 aliphatic carbocycles. The van der Waals surface area contributed by atoms with Crippen LogP contribution in [0, 0.1) is 0 Å². The van der Waals surface area contributed by atoms with Crippen molar-refractivity contribution in [3.8, 4) is 5.75 Å². The van der Waals surface area contributed by atoms with Gasteiger partial charge in [0.15, 0.2) is 5.78 Å². The number of carbonyl (C=O) groups is 1. The van der Waals surface area contributed by atoms with Crippen LogP contribution in [-0.2, 0) is 6.42 Å². The van der Waals surface area contributed by atoms with E-state index in [1.165, 1.54) is 0 Å². The number of ketones is 1. The Kier molecular flexibility index (Phi) is 3.66. The molecular formula is C14H15N3O2. The second-order valence-electron chi connectivity index (χ2n) is 4.14. The molecule has 1 aromatic carbocycles. The molecule has 0 saturated carbocycles. The number of nitrogen functional groups attached to an aromatic ring is 2. The zero-order valence-corrected chi connectivity index (χ0v) is 10.6. The molecule has 98 valence electrons. The largest absolute Gasteiger partial charge is 0.497 e. The van der Waals surface area contributed by atoms with Gasteiger partial charge in [0.1, 0.15) is 11.6 Å². The Labute approximate surface area is 111 Å². The number of pyridine rings is 1. The number of hydrogen-bond acceptors (Lipinski definition) is 5. The van der Waals surface area contributed by atoms with E-state index in [2.05, 4.69) is 4.98 Å². The number of nitrogens with two attached hydrogens (primary N) is 2. The van der Waals surface area contributed by atoms with Crippen LogP contribution >= 0.6 is 0 Å². The van der Waals surface area contributed by atoms with Gasteiger partial charge >= 0.3 is 0 Å². The minimum Gasteiger partial charge on any atom is -0.497 e. The van der Waals surface area contributed by atoms with E-state index in [1.54, 1.807) is 43.6 Å². The van der Waals surface area contributed by atoms with Gasteiger partial charge in [-0.15, -0.1) is 0 Å². The van der Waals surface area contributed by atoms with Gasteiger partial charge in [-0.3, -0.25) is 4.79 Å². The van der Waals surface area contributed by atoms with Gasteiger partial charge in [0.25, 0.3) is 0 Å². The lowest BCUT2D eigenvalue weighted by Crippen LogP contribution is -2.07. The van der Waals surface area contributed by atoms with Gasteiger partial charge in [0.2, 0.25) is 0 Å². The zero-order chi connectivity index (χ0) is 13.8. The van der Waals surface area contributed by atoms with Gasteiger partial charge < -0.3 is 16.2 Å². The van der Waals surface area contributed by atoms with E-state index in [9.17, 15) is 4.79 Å². The third kappa shape index (κ3) is 3.01. The molecule has 0 aliphatic heterocycles. The van der Waals surface area contributed by atoms with Crippen molar-refractivity contribution in [2.45, 2.75) is 6.42 Å². The SMILES string of the molecule is COc1ccc(C(=O)Cc2ccnc(N)c2)c(N)c1. The van der Waals surface area contributed by atoms with Crippen LogP contribution in [0.5, 0.6) is 5.75 Å². The molecule has 2 rings (SSSR count). The van der Waals surface area contributed by atoms with Crippen molar-refractivity contribution in [1.29, 1.82) is 0 Å². The van der Waals surface area contributed by atoms with E-state index >= 15 is 0 Å². The minimum absolute atomic E-state index is 0.0641. The summed E-state index contributed by atoms with van der Waals surface area (Å²) in [6.07, 6.45) is 1.82. The van der Waals surface area contributed by atoms with Crippen LogP contribution in [0.15, 0.2) is 36.5 Å². The molecule has 1 heterocycles. The summed E-state index contributed by atoms with van der Waals surface area (Å²) in [5.41, 5.74) is 13.1. The van der Waals surface area contributed by atoms with Crippen LogP contribution < -0.4 is 16.2 Å². The first-order chi connectivity index (χ1) is 9.10. The van der Waals surface area contributed by atoms with Crippen LogP contribution in [0.25, 0.3) is 0 Å². The fraction of sp³-hybridized carbons (Fsp3) is 0.143. The highest BCUT2D eigenvalue weighted by Crippen LogP contribution is 2.21. The summed E-state index contributed by atoms with van der Waals surface area (Å²) >= 11 is 0. The Balaban J connectivity index is 2.20. The van der Waals surface area contributed by atoms with Crippen LogP contribution in [0.4, 0.5) is 11.5 Å². The smallest absolute Gasteiger partial charge is 0.169 e. The van der Waals surface area contributed by atoms with Crippen LogP contribution in [0.1, 0.15) is 15.9 Å². The molecule has 0 aliphatic rings. The summed E-state index contributed by atoms with van der Waals surface area (Å²) < 4.78 is 5.05. The van der Waals surface area contributed by atoms with E-state index in [-0.39, 0.29) is 12.2 Å². The second-order valence-corrected chi connectivity index (χ2v) is 4.14. The van der Waals surface area contributed by atoms with Crippen molar-refractivity contribution >= 4 is 17.3 Å². The molecule has 1 aromatic heterocycles. The topological polar surface area (TPSA) is 91.2 Å². The number of anilines is 2. The molecule has 0 atom stereocenters. The summed E-state index contributed by atoms with van der Waals surface area (Å²) in [4.78, 5) is 16.0. The Morgan fingerprint density at radius 2 is 2.05 bits per heavy atom. The fourth-order valence-corrected chi connectivity index (χ4v) is 1.81. The molecule has 0 saturated heterocycles. The number of methoxy groups -OCH3 is 1. The summed E-state index contributed by atoms with van der Waals surface area (Å²) in [6, 6.07) is 8.45. The van der Waals surface area contributed by atoms with E-state index in [1.807, 2.05) is 0 Å². The zero-order valence-electron chi connectivity index (χ0n) is 10.6. The van der Waals surface area contributed by atoms with Crippen molar-refractivity contribution in [3.63, 3.8) is 0 Å². The predicted molar refractivity (Wildman–Crippen MR) is 74.1 cm³/mol. The first-order valence-corrected chi connectivity index (χ1v) is 5.77. The maximum absolute atomic E-state index is 12.2. The first kappa shape index (κ1) is 12.9. The Morgan fingerprint density at radius 1 is 1.26 bits per heavy atom. The van der Waals surface area contributed by atoms with Crippen molar-refractivity contribution in [2.24, 2.45) is 0 Å². The normalized spacial score (nSPS) is 10.2. The Hall–Kier alpha value is -2.56. The van der Waals surface area contributed by atoms with E-state index in [4.69, 9.17) is 16.2 Å². The summed E-state index contributed by atoms with van der Waals surface area (Å²) in [6.45, 7) is 0. The standard InChI is InChI=1S/C14H15N3O2/c1-19-10-2-3-11(12(15)8-10)13(18)6-9-4-5-17-14(16)7-9/h2-5,7-8H,6,15H2,1H3,(H2,16,17). The van der Waals surface area contributed by atoms with Gasteiger partial charge in [-0.2, -0.15) is 0 Å². The second kappa shape index (κ2) is 5.39. The average Bonchev–Trinajstić information content (AvgIpc) is 2.38. The molecule has 0 spiro atoms. The number of carbonyl (C=O) groups excluding carboxylic acids is 1. The molecule has 2 aromatic rings. The van der Waals surface area contributed by atoms with Crippen molar-refractivity contribution in [3.05, 3.63) is 47.7 Å². The Bertz CT molecular complexity index is 611. The monoisotopic (exact) mass is 257 g/mol. The van der Waals surface area contributed by atoms with Crippen LogP contribution in [0.2, 0.25) is 0 Å². The maximum atomic E-state index is 12.2. The van der Waals surface area contributed by atoms with Gasteiger partial charge in [-0.25, -0.2) is 4.98 Å². The molecule has 5 nitrogen and oxygen atoms in total. The number of rotatable bonds is 4. The highest BCUT2D eigenvalue weighted by molar-refractivity contribution is 6.02. The first-order valence-electron chi connectivity index (χ1n) is 5.77. The quantitative estimate of drug-likeness (QED) is 0.642. The summed E-state index contributed by atoms with van der Waals surface area (Å²) in [7, 11) is 1.55.